The van der Waals surface area contributed by atoms with Crippen molar-refractivity contribution in [2.45, 2.75) is 20.3 Å². The fourth-order valence-electron chi connectivity index (χ4n) is 2.55. The van der Waals surface area contributed by atoms with Crippen LogP contribution in [0.5, 0.6) is 5.75 Å². The van der Waals surface area contributed by atoms with Crippen molar-refractivity contribution < 1.29 is 9.47 Å². The van der Waals surface area contributed by atoms with E-state index in [0.717, 1.165) is 38.5 Å². The summed E-state index contributed by atoms with van der Waals surface area (Å²) in [6.45, 7) is 8.14. The maximum Gasteiger partial charge on any atom is 0.119 e. The lowest BCUT2D eigenvalue weighted by Crippen LogP contribution is -2.22. The highest BCUT2D eigenvalue weighted by Gasteiger charge is 2.05. The van der Waals surface area contributed by atoms with E-state index in [9.17, 15) is 0 Å². The number of rotatable bonds is 10. The summed E-state index contributed by atoms with van der Waals surface area (Å²) in [5.74, 6) is 0.923. The molecule has 0 aliphatic carbocycles. The summed E-state index contributed by atoms with van der Waals surface area (Å²) in [4.78, 5) is 0. The Balaban J connectivity index is 1.96. The van der Waals surface area contributed by atoms with E-state index >= 15 is 0 Å². The second-order valence-electron chi connectivity index (χ2n) is 5.31. The molecule has 3 heteroatoms. The lowest BCUT2D eigenvalue weighted by molar-refractivity contribution is 0.149. The van der Waals surface area contributed by atoms with Crippen LogP contribution in [0.2, 0.25) is 0 Å². The summed E-state index contributed by atoms with van der Waals surface area (Å²) in [7, 11) is 0. The summed E-state index contributed by atoms with van der Waals surface area (Å²) in [6.07, 6.45) is 1.01. The van der Waals surface area contributed by atoms with Gasteiger partial charge >= 0.3 is 0 Å². The molecular formula is C20H27NO2. The van der Waals surface area contributed by atoms with Gasteiger partial charge in [-0.1, -0.05) is 36.4 Å². The minimum Gasteiger partial charge on any atom is -0.494 e. The molecule has 0 atom stereocenters. The molecule has 0 saturated heterocycles. The Morgan fingerprint density at radius 2 is 1.65 bits per heavy atom. The minimum atomic E-state index is 0.698. The molecule has 2 aromatic carbocycles. The quantitative estimate of drug-likeness (QED) is 0.674. The van der Waals surface area contributed by atoms with Crippen LogP contribution in [0.1, 0.15) is 19.4 Å². The fraction of sp³-hybridized carbons (Fsp3) is 0.400. The van der Waals surface area contributed by atoms with Gasteiger partial charge in [-0.2, -0.15) is 0 Å². The van der Waals surface area contributed by atoms with Crippen LogP contribution >= 0.6 is 0 Å². The van der Waals surface area contributed by atoms with E-state index in [0.29, 0.717) is 6.61 Å². The van der Waals surface area contributed by atoms with Crippen LogP contribution in [0.15, 0.2) is 48.5 Å². The van der Waals surface area contributed by atoms with Crippen molar-refractivity contribution in [3.8, 4) is 16.9 Å². The molecule has 0 aliphatic rings. The van der Waals surface area contributed by atoms with Crippen molar-refractivity contribution in [2.75, 3.05) is 32.9 Å². The van der Waals surface area contributed by atoms with Gasteiger partial charge in [-0.25, -0.2) is 0 Å². The van der Waals surface area contributed by atoms with Crippen LogP contribution in [0.4, 0.5) is 0 Å². The molecule has 0 aromatic heterocycles. The highest BCUT2D eigenvalue weighted by molar-refractivity contribution is 5.68. The van der Waals surface area contributed by atoms with E-state index in [4.69, 9.17) is 9.47 Å². The lowest BCUT2D eigenvalue weighted by atomic mass is 9.97. The zero-order valence-electron chi connectivity index (χ0n) is 14.2. The SMILES string of the molecule is CCOCCNCCc1ccccc1-c1ccc(OCC)cc1. The van der Waals surface area contributed by atoms with Gasteiger partial charge in [0.2, 0.25) is 0 Å². The van der Waals surface area contributed by atoms with E-state index in [1.165, 1.54) is 16.7 Å². The Morgan fingerprint density at radius 1 is 0.870 bits per heavy atom. The predicted octanol–water partition coefficient (Wildman–Crippen LogP) is 3.92. The largest absolute Gasteiger partial charge is 0.494 e. The van der Waals surface area contributed by atoms with Crippen molar-refractivity contribution in [3.63, 3.8) is 0 Å². The molecule has 0 unspecified atom stereocenters. The van der Waals surface area contributed by atoms with Gasteiger partial charge in [0.25, 0.3) is 0 Å². The molecule has 2 aromatic rings. The van der Waals surface area contributed by atoms with Gasteiger partial charge < -0.3 is 14.8 Å². The van der Waals surface area contributed by atoms with Gasteiger partial charge in [0.1, 0.15) is 5.75 Å². The molecule has 124 valence electrons. The van der Waals surface area contributed by atoms with E-state index in [1.807, 2.05) is 26.0 Å². The minimum absolute atomic E-state index is 0.698. The summed E-state index contributed by atoms with van der Waals surface area (Å²) in [6, 6.07) is 16.9. The highest BCUT2D eigenvalue weighted by Crippen LogP contribution is 2.26. The maximum absolute atomic E-state index is 5.52. The van der Waals surface area contributed by atoms with Gasteiger partial charge in [-0.15, -0.1) is 0 Å². The second kappa shape index (κ2) is 10.0. The average Bonchev–Trinajstić information content (AvgIpc) is 2.59. The van der Waals surface area contributed by atoms with Gasteiger partial charge in [0, 0.05) is 13.2 Å². The first kappa shape index (κ1) is 17.5. The first-order valence-corrected chi connectivity index (χ1v) is 8.44. The topological polar surface area (TPSA) is 30.5 Å². The molecule has 0 spiro atoms. The van der Waals surface area contributed by atoms with Crippen molar-refractivity contribution in [1.29, 1.82) is 0 Å². The van der Waals surface area contributed by atoms with Crippen molar-refractivity contribution >= 4 is 0 Å². The van der Waals surface area contributed by atoms with Crippen molar-refractivity contribution in [2.24, 2.45) is 0 Å². The Morgan fingerprint density at radius 3 is 2.39 bits per heavy atom. The molecular weight excluding hydrogens is 286 g/mol. The van der Waals surface area contributed by atoms with Crippen LogP contribution < -0.4 is 10.1 Å². The zero-order chi connectivity index (χ0) is 16.3. The number of benzene rings is 2. The van der Waals surface area contributed by atoms with E-state index in [2.05, 4.69) is 41.7 Å². The Kier molecular flexibility index (Phi) is 7.64. The summed E-state index contributed by atoms with van der Waals surface area (Å²) >= 11 is 0. The Bertz CT molecular complexity index is 566. The summed E-state index contributed by atoms with van der Waals surface area (Å²) < 4.78 is 10.9. The summed E-state index contributed by atoms with van der Waals surface area (Å²) in [5.41, 5.74) is 3.89. The molecule has 0 radical (unpaired) electrons. The van der Waals surface area contributed by atoms with Gasteiger partial charge in [0.15, 0.2) is 0 Å². The van der Waals surface area contributed by atoms with Gasteiger partial charge in [0.05, 0.1) is 13.2 Å². The van der Waals surface area contributed by atoms with Gasteiger partial charge in [-0.3, -0.25) is 0 Å². The molecule has 0 aliphatic heterocycles. The molecule has 1 N–H and O–H groups in total. The lowest BCUT2D eigenvalue weighted by Gasteiger charge is -2.11. The van der Waals surface area contributed by atoms with Crippen LogP contribution in [0.3, 0.4) is 0 Å². The Labute approximate surface area is 139 Å². The van der Waals surface area contributed by atoms with Crippen LogP contribution in [-0.4, -0.2) is 32.9 Å². The van der Waals surface area contributed by atoms with E-state index in [1.54, 1.807) is 0 Å². The molecule has 3 nitrogen and oxygen atoms in total. The number of hydrogen-bond acceptors (Lipinski definition) is 3. The van der Waals surface area contributed by atoms with Crippen LogP contribution in [0.25, 0.3) is 11.1 Å². The normalized spacial score (nSPS) is 10.7. The third-order valence-corrected chi connectivity index (χ3v) is 3.69. The third-order valence-electron chi connectivity index (χ3n) is 3.69. The van der Waals surface area contributed by atoms with Crippen molar-refractivity contribution in [1.82, 2.24) is 5.32 Å². The van der Waals surface area contributed by atoms with Crippen LogP contribution in [0, 0.1) is 0 Å². The standard InChI is InChI=1S/C20H27NO2/c1-3-22-16-15-21-14-13-17-7-5-6-8-20(17)18-9-11-19(12-10-18)23-4-2/h5-12,21H,3-4,13-16H2,1-2H3. The molecule has 0 saturated carbocycles. The highest BCUT2D eigenvalue weighted by atomic mass is 16.5. The van der Waals surface area contributed by atoms with Crippen molar-refractivity contribution in [3.05, 3.63) is 54.1 Å². The second-order valence-corrected chi connectivity index (χ2v) is 5.31. The molecule has 0 bridgehead atoms. The fourth-order valence-corrected chi connectivity index (χ4v) is 2.55. The zero-order valence-corrected chi connectivity index (χ0v) is 14.2. The number of nitrogens with one attached hydrogen (secondary N) is 1. The number of hydrogen-bond donors (Lipinski definition) is 1. The average molecular weight is 313 g/mol. The first-order valence-electron chi connectivity index (χ1n) is 8.44. The predicted molar refractivity (Wildman–Crippen MR) is 96.1 cm³/mol. The molecule has 23 heavy (non-hydrogen) atoms. The summed E-state index contributed by atoms with van der Waals surface area (Å²) in [5, 5.41) is 3.43. The van der Waals surface area contributed by atoms with Gasteiger partial charge in [-0.05, 0) is 55.6 Å². The Hall–Kier alpha value is -1.84. The number of ether oxygens (including phenoxy) is 2. The monoisotopic (exact) mass is 313 g/mol. The first-order chi connectivity index (χ1) is 11.3. The van der Waals surface area contributed by atoms with E-state index < -0.39 is 0 Å². The molecule has 0 amide bonds. The van der Waals surface area contributed by atoms with Crippen LogP contribution in [-0.2, 0) is 11.2 Å². The molecule has 0 fully saturated rings. The smallest absolute Gasteiger partial charge is 0.119 e. The molecule has 0 heterocycles. The third kappa shape index (κ3) is 5.70. The maximum atomic E-state index is 5.52. The molecule has 2 rings (SSSR count). The van der Waals surface area contributed by atoms with E-state index in [-0.39, 0.29) is 0 Å².